The van der Waals surface area contributed by atoms with Crippen molar-refractivity contribution >= 4 is 5.91 Å². The standard InChI is InChI=1S/C18H19N5O2/c1-22(17(24)18(7-8-18)12-23-10-9-19-13-23)11-15-20-21-16(25-15)14-5-3-2-4-6-14/h2-6,9-10,13H,7-8,11-12H2,1H3. The van der Waals surface area contributed by atoms with E-state index in [1.54, 1.807) is 24.5 Å². The molecule has 1 aliphatic rings. The van der Waals surface area contributed by atoms with Crippen LogP contribution in [0.2, 0.25) is 0 Å². The van der Waals surface area contributed by atoms with Crippen molar-refractivity contribution < 1.29 is 9.21 Å². The number of carbonyl (C=O) groups excluding carboxylic acids is 1. The molecule has 0 saturated heterocycles. The second-order valence-electron chi connectivity index (χ2n) is 6.54. The van der Waals surface area contributed by atoms with Crippen molar-refractivity contribution in [3.8, 4) is 11.5 Å². The van der Waals surface area contributed by atoms with Crippen LogP contribution < -0.4 is 0 Å². The van der Waals surface area contributed by atoms with Crippen LogP contribution in [0.3, 0.4) is 0 Å². The topological polar surface area (TPSA) is 77.0 Å². The lowest BCUT2D eigenvalue weighted by Gasteiger charge is -2.22. The Kier molecular flexibility index (Phi) is 3.83. The molecule has 0 aliphatic heterocycles. The largest absolute Gasteiger partial charge is 0.419 e. The molecule has 4 rings (SSSR count). The van der Waals surface area contributed by atoms with E-state index in [-0.39, 0.29) is 11.3 Å². The minimum atomic E-state index is -0.322. The van der Waals surface area contributed by atoms with Gasteiger partial charge in [-0.3, -0.25) is 4.79 Å². The maximum absolute atomic E-state index is 12.8. The van der Waals surface area contributed by atoms with Crippen LogP contribution >= 0.6 is 0 Å². The van der Waals surface area contributed by atoms with E-state index in [1.165, 1.54) is 0 Å². The molecule has 1 aromatic carbocycles. The van der Waals surface area contributed by atoms with Crippen LogP contribution in [-0.4, -0.2) is 37.6 Å². The van der Waals surface area contributed by atoms with Gasteiger partial charge in [0, 0.05) is 31.5 Å². The summed E-state index contributed by atoms with van der Waals surface area (Å²) < 4.78 is 7.66. The third-order valence-electron chi connectivity index (χ3n) is 4.56. The molecule has 128 valence electrons. The molecule has 2 heterocycles. The highest BCUT2D eigenvalue weighted by molar-refractivity contribution is 5.85. The van der Waals surface area contributed by atoms with Gasteiger partial charge in [0.15, 0.2) is 0 Å². The Balaban J connectivity index is 1.43. The maximum atomic E-state index is 12.8. The lowest BCUT2D eigenvalue weighted by Crippen LogP contribution is -2.36. The summed E-state index contributed by atoms with van der Waals surface area (Å²) in [6.45, 7) is 0.972. The molecule has 7 nitrogen and oxygen atoms in total. The summed E-state index contributed by atoms with van der Waals surface area (Å²) in [6, 6.07) is 9.60. The first kappa shape index (κ1) is 15.6. The van der Waals surface area contributed by atoms with E-state index < -0.39 is 0 Å². The number of carbonyl (C=O) groups is 1. The summed E-state index contributed by atoms with van der Waals surface area (Å²) in [4.78, 5) is 18.6. The molecule has 3 aromatic rings. The summed E-state index contributed by atoms with van der Waals surface area (Å²) in [5.41, 5.74) is 0.548. The molecular formula is C18H19N5O2. The third kappa shape index (κ3) is 3.17. The van der Waals surface area contributed by atoms with E-state index in [0.29, 0.717) is 24.9 Å². The number of amides is 1. The highest BCUT2D eigenvalue weighted by atomic mass is 16.4. The number of hydrogen-bond donors (Lipinski definition) is 0. The molecule has 25 heavy (non-hydrogen) atoms. The van der Waals surface area contributed by atoms with E-state index in [2.05, 4.69) is 15.2 Å². The van der Waals surface area contributed by atoms with Crippen molar-refractivity contribution in [1.82, 2.24) is 24.6 Å². The highest BCUT2D eigenvalue weighted by Gasteiger charge is 2.51. The minimum Gasteiger partial charge on any atom is -0.419 e. The SMILES string of the molecule is CN(Cc1nnc(-c2ccccc2)o1)C(=O)C1(Cn2ccnc2)CC1. The first-order valence-corrected chi connectivity index (χ1v) is 8.25. The van der Waals surface area contributed by atoms with Gasteiger partial charge in [-0.15, -0.1) is 10.2 Å². The van der Waals surface area contributed by atoms with Crippen molar-refractivity contribution in [1.29, 1.82) is 0 Å². The van der Waals surface area contributed by atoms with Crippen molar-refractivity contribution in [2.75, 3.05) is 7.05 Å². The molecule has 1 saturated carbocycles. The van der Waals surface area contributed by atoms with Crippen LogP contribution in [0.15, 0.2) is 53.5 Å². The zero-order valence-electron chi connectivity index (χ0n) is 14.0. The number of imidazole rings is 1. The predicted octanol–water partition coefficient (Wildman–Crippen LogP) is 2.37. The first-order chi connectivity index (χ1) is 12.2. The minimum absolute atomic E-state index is 0.112. The molecule has 1 aliphatic carbocycles. The Morgan fingerprint density at radius 2 is 2.08 bits per heavy atom. The lowest BCUT2D eigenvalue weighted by molar-refractivity contribution is -0.137. The van der Waals surface area contributed by atoms with Gasteiger partial charge in [0.2, 0.25) is 17.7 Å². The van der Waals surface area contributed by atoms with E-state index in [4.69, 9.17) is 4.42 Å². The smallest absolute Gasteiger partial charge is 0.247 e. The van der Waals surface area contributed by atoms with E-state index in [1.807, 2.05) is 41.1 Å². The second kappa shape index (κ2) is 6.16. The van der Waals surface area contributed by atoms with E-state index in [9.17, 15) is 4.79 Å². The van der Waals surface area contributed by atoms with Crippen LogP contribution in [0, 0.1) is 5.41 Å². The van der Waals surface area contributed by atoms with Crippen LogP contribution in [0.5, 0.6) is 0 Å². The van der Waals surface area contributed by atoms with Crippen LogP contribution in [0.1, 0.15) is 18.7 Å². The van der Waals surface area contributed by atoms with Gasteiger partial charge in [0.05, 0.1) is 18.3 Å². The number of nitrogens with zero attached hydrogens (tertiary/aromatic N) is 5. The van der Waals surface area contributed by atoms with Crippen molar-refractivity contribution in [3.63, 3.8) is 0 Å². The van der Waals surface area contributed by atoms with Crippen LogP contribution in [0.25, 0.3) is 11.5 Å². The van der Waals surface area contributed by atoms with Gasteiger partial charge in [-0.25, -0.2) is 4.98 Å². The molecule has 1 amide bonds. The van der Waals surface area contributed by atoms with E-state index in [0.717, 1.165) is 18.4 Å². The van der Waals surface area contributed by atoms with Gasteiger partial charge in [0.1, 0.15) is 0 Å². The number of hydrogen-bond acceptors (Lipinski definition) is 5. The van der Waals surface area contributed by atoms with Gasteiger partial charge in [-0.1, -0.05) is 18.2 Å². The Morgan fingerprint density at radius 3 is 2.76 bits per heavy atom. The Bertz CT molecular complexity index is 853. The van der Waals surface area contributed by atoms with Gasteiger partial charge in [-0.2, -0.15) is 0 Å². The molecule has 0 N–H and O–H groups in total. The second-order valence-corrected chi connectivity index (χ2v) is 6.54. The molecule has 0 spiro atoms. The summed E-state index contributed by atoms with van der Waals surface area (Å²) in [7, 11) is 1.78. The molecule has 0 atom stereocenters. The van der Waals surface area contributed by atoms with Gasteiger partial charge in [-0.05, 0) is 25.0 Å². The zero-order chi connectivity index (χ0) is 17.3. The van der Waals surface area contributed by atoms with Crippen molar-refractivity contribution in [2.24, 2.45) is 5.41 Å². The molecule has 0 radical (unpaired) electrons. The lowest BCUT2D eigenvalue weighted by atomic mass is 10.1. The predicted molar refractivity (Wildman–Crippen MR) is 90.1 cm³/mol. The fourth-order valence-corrected chi connectivity index (χ4v) is 3.01. The molecule has 1 fully saturated rings. The highest BCUT2D eigenvalue weighted by Crippen LogP contribution is 2.48. The van der Waals surface area contributed by atoms with Crippen LogP contribution in [-0.2, 0) is 17.9 Å². The third-order valence-corrected chi connectivity index (χ3v) is 4.56. The average Bonchev–Trinajstić information content (AvgIpc) is 3.02. The quantitative estimate of drug-likeness (QED) is 0.690. The zero-order valence-corrected chi connectivity index (χ0v) is 14.0. The van der Waals surface area contributed by atoms with E-state index >= 15 is 0 Å². The normalized spacial score (nSPS) is 15.1. The monoisotopic (exact) mass is 337 g/mol. The fourth-order valence-electron chi connectivity index (χ4n) is 3.01. The Hall–Kier alpha value is -2.96. The van der Waals surface area contributed by atoms with Crippen molar-refractivity contribution in [2.45, 2.75) is 25.9 Å². The van der Waals surface area contributed by atoms with Gasteiger partial charge >= 0.3 is 0 Å². The molecule has 7 heteroatoms. The molecule has 0 unspecified atom stereocenters. The molecule has 2 aromatic heterocycles. The maximum Gasteiger partial charge on any atom is 0.247 e. The molecule has 0 bridgehead atoms. The Morgan fingerprint density at radius 1 is 1.28 bits per heavy atom. The summed E-state index contributed by atoms with van der Waals surface area (Å²) in [5.74, 6) is 1.02. The van der Waals surface area contributed by atoms with Crippen LogP contribution in [0.4, 0.5) is 0 Å². The Labute approximate surface area is 145 Å². The number of aromatic nitrogens is 4. The first-order valence-electron chi connectivity index (χ1n) is 8.25. The fraction of sp³-hybridized carbons (Fsp3) is 0.333. The summed E-state index contributed by atoms with van der Waals surface area (Å²) in [5, 5.41) is 8.14. The van der Waals surface area contributed by atoms with Crippen molar-refractivity contribution in [3.05, 3.63) is 54.9 Å². The molecular weight excluding hydrogens is 318 g/mol. The average molecular weight is 337 g/mol. The van der Waals surface area contributed by atoms with Gasteiger partial charge < -0.3 is 13.9 Å². The van der Waals surface area contributed by atoms with Gasteiger partial charge in [0.25, 0.3) is 0 Å². The summed E-state index contributed by atoms with van der Waals surface area (Å²) >= 11 is 0. The number of rotatable bonds is 6. The number of benzene rings is 1. The summed E-state index contributed by atoms with van der Waals surface area (Å²) in [6.07, 6.45) is 7.16.